The first-order valence-corrected chi connectivity index (χ1v) is 4.93. The van der Waals surface area contributed by atoms with Crippen LogP contribution in [0, 0.1) is 5.82 Å². The molecule has 0 bridgehead atoms. The predicted octanol–water partition coefficient (Wildman–Crippen LogP) is 0.684. The Morgan fingerprint density at radius 2 is 2.07 bits per heavy atom. The van der Waals surface area contributed by atoms with E-state index in [1.165, 1.54) is 12.1 Å². The Kier molecular flexibility index (Phi) is 4.58. The summed E-state index contributed by atoms with van der Waals surface area (Å²) in [5.41, 5.74) is 0.0986. The number of hydrogen-bond donors (Lipinski definition) is 2. The monoisotopic (exact) mass is 212 g/mol. The number of unbranched alkanes of at least 4 members (excludes halogenated alkanes) is 1. The second-order valence-electron chi connectivity index (χ2n) is 3.30. The van der Waals surface area contributed by atoms with Crippen molar-refractivity contribution in [3.05, 3.63) is 24.0 Å². The van der Waals surface area contributed by atoms with Crippen molar-refractivity contribution in [2.75, 3.05) is 6.61 Å². The topological polar surface area (TPSA) is 49.7 Å². The van der Waals surface area contributed by atoms with Crippen LogP contribution in [0.15, 0.2) is 18.2 Å². The van der Waals surface area contributed by atoms with Crippen LogP contribution in [-0.4, -0.2) is 23.8 Å². The molecular weight excluding hydrogens is 198 g/mol. The van der Waals surface area contributed by atoms with Gasteiger partial charge in [0.1, 0.15) is 11.6 Å². The van der Waals surface area contributed by atoms with Crippen molar-refractivity contribution in [2.24, 2.45) is 0 Å². The molecule has 0 saturated carbocycles. The van der Waals surface area contributed by atoms with E-state index in [-0.39, 0.29) is 5.46 Å². The Balaban J connectivity index is 2.71. The van der Waals surface area contributed by atoms with Crippen LogP contribution >= 0.6 is 0 Å². The van der Waals surface area contributed by atoms with E-state index in [4.69, 9.17) is 14.8 Å². The minimum atomic E-state index is -1.67. The third kappa shape index (κ3) is 3.89. The average Bonchev–Trinajstić information content (AvgIpc) is 2.17. The van der Waals surface area contributed by atoms with Crippen LogP contribution in [0.4, 0.5) is 4.39 Å². The Morgan fingerprint density at radius 1 is 1.33 bits per heavy atom. The molecule has 0 aliphatic heterocycles. The zero-order valence-corrected chi connectivity index (χ0v) is 8.61. The summed E-state index contributed by atoms with van der Waals surface area (Å²) in [5, 5.41) is 17.8. The van der Waals surface area contributed by atoms with Crippen LogP contribution in [0.2, 0.25) is 0 Å². The maximum Gasteiger partial charge on any atom is 0.488 e. The first-order chi connectivity index (χ1) is 7.13. The van der Waals surface area contributed by atoms with Gasteiger partial charge in [-0.05, 0) is 24.0 Å². The second-order valence-corrected chi connectivity index (χ2v) is 3.30. The standard InChI is InChI=1S/C10H14BFO3/c1-2-3-4-15-10-6-8(11(13)14)5-9(12)7-10/h5-7,13-14H,2-4H2,1H3. The Morgan fingerprint density at radius 3 is 2.67 bits per heavy atom. The van der Waals surface area contributed by atoms with Crippen LogP contribution < -0.4 is 10.2 Å². The van der Waals surface area contributed by atoms with Crippen molar-refractivity contribution < 1.29 is 19.2 Å². The zero-order valence-electron chi connectivity index (χ0n) is 8.61. The summed E-state index contributed by atoms with van der Waals surface area (Å²) < 4.78 is 18.3. The lowest BCUT2D eigenvalue weighted by Crippen LogP contribution is -2.30. The minimum Gasteiger partial charge on any atom is -0.494 e. The van der Waals surface area contributed by atoms with E-state index in [2.05, 4.69) is 0 Å². The van der Waals surface area contributed by atoms with E-state index < -0.39 is 12.9 Å². The van der Waals surface area contributed by atoms with E-state index in [0.717, 1.165) is 18.9 Å². The molecular formula is C10H14BFO3. The molecule has 2 N–H and O–H groups in total. The molecule has 0 unspecified atom stereocenters. The van der Waals surface area contributed by atoms with Gasteiger partial charge in [-0.15, -0.1) is 0 Å². The number of halogens is 1. The molecule has 0 aromatic heterocycles. The lowest BCUT2D eigenvalue weighted by atomic mass is 9.80. The van der Waals surface area contributed by atoms with Gasteiger partial charge in [-0.3, -0.25) is 0 Å². The fraction of sp³-hybridized carbons (Fsp3) is 0.400. The highest BCUT2D eigenvalue weighted by Crippen LogP contribution is 2.11. The van der Waals surface area contributed by atoms with Crippen molar-refractivity contribution in [2.45, 2.75) is 19.8 Å². The van der Waals surface area contributed by atoms with Gasteiger partial charge in [-0.1, -0.05) is 13.3 Å². The first kappa shape index (κ1) is 12.0. The van der Waals surface area contributed by atoms with E-state index >= 15 is 0 Å². The van der Waals surface area contributed by atoms with Gasteiger partial charge < -0.3 is 14.8 Å². The highest BCUT2D eigenvalue weighted by Gasteiger charge is 2.13. The van der Waals surface area contributed by atoms with Crippen LogP contribution in [-0.2, 0) is 0 Å². The SMILES string of the molecule is CCCCOc1cc(F)cc(B(O)O)c1. The van der Waals surface area contributed by atoms with Gasteiger partial charge in [0.05, 0.1) is 6.61 Å². The highest BCUT2D eigenvalue weighted by atomic mass is 19.1. The normalized spacial score (nSPS) is 10.1. The third-order valence-corrected chi connectivity index (χ3v) is 1.96. The molecule has 1 aromatic carbocycles. The van der Waals surface area contributed by atoms with Crippen LogP contribution in [0.25, 0.3) is 0 Å². The van der Waals surface area contributed by atoms with Gasteiger partial charge in [0.2, 0.25) is 0 Å². The quantitative estimate of drug-likeness (QED) is 0.557. The molecule has 1 aromatic rings. The molecule has 0 aliphatic carbocycles. The number of rotatable bonds is 5. The summed E-state index contributed by atoms with van der Waals surface area (Å²) in [5.74, 6) is -0.210. The third-order valence-electron chi connectivity index (χ3n) is 1.96. The summed E-state index contributed by atoms with van der Waals surface area (Å²) in [4.78, 5) is 0. The molecule has 0 heterocycles. The van der Waals surface area contributed by atoms with Gasteiger partial charge in [0.25, 0.3) is 0 Å². The van der Waals surface area contributed by atoms with Crippen LogP contribution in [0.5, 0.6) is 5.75 Å². The zero-order chi connectivity index (χ0) is 11.3. The van der Waals surface area contributed by atoms with Crippen molar-refractivity contribution in [1.29, 1.82) is 0 Å². The molecule has 0 fully saturated rings. The van der Waals surface area contributed by atoms with Crippen LogP contribution in [0.3, 0.4) is 0 Å². The Bertz CT molecular complexity index is 318. The molecule has 3 nitrogen and oxygen atoms in total. The van der Waals surface area contributed by atoms with E-state index in [1.54, 1.807) is 0 Å². The lowest BCUT2D eigenvalue weighted by molar-refractivity contribution is 0.308. The van der Waals surface area contributed by atoms with Crippen molar-refractivity contribution in [3.8, 4) is 5.75 Å². The van der Waals surface area contributed by atoms with Gasteiger partial charge in [-0.25, -0.2) is 4.39 Å². The molecule has 0 amide bonds. The Hall–Kier alpha value is -1.07. The molecule has 1 rings (SSSR count). The average molecular weight is 212 g/mol. The fourth-order valence-electron chi connectivity index (χ4n) is 1.15. The van der Waals surface area contributed by atoms with E-state index in [1.807, 2.05) is 6.92 Å². The van der Waals surface area contributed by atoms with Crippen molar-refractivity contribution in [1.82, 2.24) is 0 Å². The molecule has 0 aliphatic rings. The summed E-state index contributed by atoms with van der Waals surface area (Å²) in [6.45, 7) is 2.53. The van der Waals surface area contributed by atoms with Crippen LogP contribution in [0.1, 0.15) is 19.8 Å². The second kappa shape index (κ2) is 5.73. The summed E-state index contributed by atoms with van der Waals surface area (Å²) in [6, 6.07) is 3.71. The van der Waals surface area contributed by atoms with Crippen molar-refractivity contribution in [3.63, 3.8) is 0 Å². The molecule has 0 spiro atoms. The highest BCUT2D eigenvalue weighted by molar-refractivity contribution is 6.58. The molecule has 5 heteroatoms. The van der Waals surface area contributed by atoms with E-state index in [9.17, 15) is 4.39 Å². The molecule has 0 radical (unpaired) electrons. The lowest BCUT2D eigenvalue weighted by Gasteiger charge is -2.07. The summed E-state index contributed by atoms with van der Waals surface area (Å²) >= 11 is 0. The molecule has 82 valence electrons. The van der Waals surface area contributed by atoms with Gasteiger partial charge >= 0.3 is 7.12 Å². The molecule has 0 saturated heterocycles. The maximum atomic E-state index is 13.0. The first-order valence-electron chi connectivity index (χ1n) is 4.93. The number of benzene rings is 1. The van der Waals surface area contributed by atoms with Gasteiger partial charge in [0.15, 0.2) is 0 Å². The number of ether oxygens (including phenoxy) is 1. The largest absolute Gasteiger partial charge is 0.494 e. The fourth-order valence-corrected chi connectivity index (χ4v) is 1.15. The smallest absolute Gasteiger partial charge is 0.488 e. The molecule has 15 heavy (non-hydrogen) atoms. The Labute approximate surface area is 88.7 Å². The maximum absolute atomic E-state index is 13.0. The van der Waals surface area contributed by atoms with Crippen molar-refractivity contribution >= 4 is 12.6 Å². The van der Waals surface area contributed by atoms with E-state index in [0.29, 0.717) is 12.4 Å². The predicted molar refractivity (Wildman–Crippen MR) is 56.6 cm³/mol. The molecule has 0 atom stereocenters. The summed E-state index contributed by atoms with van der Waals surface area (Å²) in [7, 11) is -1.67. The number of hydrogen-bond acceptors (Lipinski definition) is 3. The minimum absolute atomic E-state index is 0.0986. The summed E-state index contributed by atoms with van der Waals surface area (Å²) in [6.07, 6.45) is 1.87. The van der Waals surface area contributed by atoms with Gasteiger partial charge in [0, 0.05) is 6.07 Å². The van der Waals surface area contributed by atoms with Gasteiger partial charge in [-0.2, -0.15) is 0 Å².